The van der Waals surface area contributed by atoms with Crippen LogP contribution in [-0.2, 0) is 39.6 Å². The van der Waals surface area contributed by atoms with Gasteiger partial charge in [0.05, 0.1) is 51.1 Å². The van der Waals surface area contributed by atoms with Crippen molar-refractivity contribution in [2.24, 2.45) is 5.10 Å². The van der Waals surface area contributed by atoms with Crippen molar-refractivity contribution in [1.82, 2.24) is 19.8 Å². The Bertz CT molecular complexity index is 6490. The number of carbonyl (C=O) groups is 8. The Morgan fingerprint density at radius 1 is 0.619 bits per heavy atom. The van der Waals surface area contributed by atoms with Crippen LogP contribution < -0.4 is 41.2 Å². The molecule has 3 aromatic heterocycles. The van der Waals surface area contributed by atoms with Crippen LogP contribution in [0.4, 0.5) is 11.4 Å². The third-order valence-electron chi connectivity index (χ3n) is 16.4. The van der Waals surface area contributed by atoms with Gasteiger partial charge in [-0.1, -0.05) is 126 Å². The topological polar surface area (TPSA) is 475 Å². The predicted octanol–water partition coefficient (Wildman–Crippen LogP) is 15.9. The van der Waals surface area contributed by atoms with E-state index in [0.717, 1.165) is 14.8 Å². The fourth-order valence-corrected chi connectivity index (χ4v) is 14.2. The van der Waals surface area contributed by atoms with Crippen LogP contribution in [-0.4, -0.2) is 123 Å². The maximum Gasteiger partial charge on any atom is 0.355 e. The zero-order valence-electron chi connectivity index (χ0n) is 65.0. The van der Waals surface area contributed by atoms with Crippen LogP contribution in [0.5, 0.6) is 23.0 Å². The van der Waals surface area contributed by atoms with E-state index in [1.54, 1.807) is 152 Å². The molecule has 1 aliphatic rings. The van der Waals surface area contributed by atoms with Crippen LogP contribution in [0.1, 0.15) is 73.4 Å². The normalized spacial score (nSPS) is 11.8. The number of benzene rings is 10. The molecular weight excluding hydrogens is 1750 g/mol. The maximum atomic E-state index is 12.4. The number of aromatic carboxylic acids is 2. The Morgan fingerprint density at radius 3 is 1.90 bits per heavy atom. The molecule has 0 fully saturated rings. The number of methoxy groups -OCH3 is 1. The Labute approximate surface area is 736 Å². The molecule has 640 valence electrons. The molecule has 13 aromatic rings. The van der Waals surface area contributed by atoms with Gasteiger partial charge in [0.2, 0.25) is 0 Å². The van der Waals surface area contributed by atoms with Crippen LogP contribution >= 0.6 is 58.5 Å². The molecular formula is C88H65Cl2N7O25S4. The molecule has 14 rings (SSSR count). The molecule has 0 aliphatic carbocycles. The average molecular weight is 1820 g/mol. The van der Waals surface area contributed by atoms with Crippen molar-refractivity contribution >= 4 is 145 Å². The molecule has 1 atom stereocenters. The largest absolute Gasteiger partial charge is 0.493 e. The second-order valence-electron chi connectivity index (χ2n) is 25.2. The van der Waals surface area contributed by atoms with E-state index in [4.69, 9.17) is 71.4 Å². The number of nitrogens with one attached hydrogen (secondary N) is 4. The van der Waals surface area contributed by atoms with Crippen LogP contribution in [0.2, 0.25) is 5.02 Å². The first-order valence-corrected chi connectivity index (χ1v) is 41.4. The van der Waals surface area contributed by atoms with Crippen LogP contribution in [0.15, 0.2) is 344 Å². The summed E-state index contributed by atoms with van der Waals surface area (Å²) in [4.78, 5) is 152. The standard InChI is InChI=1S/C24H15NO8.C21H18N2O5S.C18H12ClNO6.C13H10ClNO2S2.C12H10N2O4S/c26-21(14-31-23(27)20-13-16-3-1-2-4-22(16)33-24(20)28)15-5-9-18(10-6-15)32-19-11-7-17(8-12-19)25(29)30;1-27-19-13-12-16(14-20(19)28-21(24)17-8-4-2-5-9-17)15-22-23-29(25,26)18-10-6-3-7-11-18;19-13-14(20-12-8-4-7-11(9-12)15(21)22)18(26-17(13)24)25-16(23)10-5-2-1-3-6-10;14-9-3-5-10(6-4-9)19-13-11(2-1-7-15-13)18-8-12(16)17;15-10-5-7(13-12(18)14-10)6-19-9-4-2-1-3-8(9)11(16)17/h1-13H,14H2;2-15,23H,1H3;1-9,18,20H,(H,21,22);1-7H,8H2,(H,16,17);1-5H,6H2,(H,16,17)(H2,13,14,15,18)/b;22-15+;;;. The summed E-state index contributed by atoms with van der Waals surface area (Å²) in [6.45, 7) is -0.562. The number of esters is 4. The van der Waals surface area contributed by atoms with E-state index in [9.17, 15) is 71.3 Å². The van der Waals surface area contributed by atoms with Crippen molar-refractivity contribution in [3.63, 3.8) is 0 Å². The number of ketones is 1. The number of hydrazone groups is 1. The van der Waals surface area contributed by atoms with E-state index in [-0.39, 0.29) is 60.6 Å². The third-order valence-corrected chi connectivity index (χ3v) is 21.6. The number of ether oxygens (including phenoxy) is 6. The number of Topliss-reactive ketones (excluding diaryl/α,β-unsaturated/α-hetero) is 1. The smallest absolute Gasteiger partial charge is 0.355 e. The summed E-state index contributed by atoms with van der Waals surface area (Å²) in [5, 5.41) is 45.8. The van der Waals surface area contributed by atoms with Crippen molar-refractivity contribution in [3.8, 4) is 23.0 Å². The first-order valence-electron chi connectivity index (χ1n) is 36.3. The molecule has 0 radical (unpaired) electrons. The monoisotopic (exact) mass is 1820 g/mol. The molecule has 0 spiro atoms. The molecule has 126 heavy (non-hydrogen) atoms. The lowest BCUT2D eigenvalue weighted by atomic mass is 10.1. The molecule has 1 unspecified atom stereocenters. The average Bonchev–Trinajstić information content (AvgIpc) is 1.59. The molecule has 38 heteroatoms. The number of H-pyrrole nitrogens is 2. The number of anilines is 1. The van der Waals surface area contributed by atoms with Gasteiger partial charge < -0.3 is 58.5 Å². The van der Waals surface area contributed by atoms with Crippen molar-refractivity contribution in [2.45, 2.75) is 36.7 Å². The van der Waals surface area contributed by atoms with E-state index in [2.05, 4.69) is 30.2 Å². The maximum absolute atomic E-state index is 12.4. The zero-order valence-corrected chi connectivity index (χ0v) is 69.7. The number of cyclic esters (lactones) is 1. The Kier molecular flexibility index (Phi) is 33.7. The second kappa shape index (κ2) is 45.6. The van der Waals surface area contributed by atoms with Crippen LogP contribution in [0.3, 0.4) is 0 Å². The number of fused-ring (bicyclic) bond motifs is 1. The summed E-state index contributed by atoms with van der Waals surface area (Å²) < 4.78 is 60.8. The van der Waals surface area contributed by atoms with E-state index < -0.39 is 92.3 Å². The number of nitrogens with zero attached hydrogens (tertiary/aromatic N) is 3. The van der Waals surface area contributed by atoms with Gasteiger partial charge in [0.25, 0.3) is 27.6 Å². The number of carbonyl (C=O) groups excluding carboxylic acids is 5. The van der Waals surface area contributed by atoms with Crippen molar-refractivity contribution < 1.29 is 99.9 Å². The molecule has 32 nitrogen and oxygen atoms in total. The molecule has 4 heterocycles. The number of pyridine rings is 1. The van der Waals surface area contributed by atoms with Crippen LogP contribution in [0.25, 0.3) is 11.0 Å². The van der Waals surface area contributed by atoms with E-state index >= 15 is 0 Å². The van der Waals surface area contributed by atoms with Gasteiger partial charge in [-0.25, -0.2) is 48.2 Å². The quantitative estimate of drug-likeness (QED) is 0.00350. The number of hydrogen-bond acceptors (Lipinski definition) is 28. The summed E-state index contributed by atoms with van der Waals surface area (Å²) in [7, 11) is -2.31. The number of non-ortho nitro benzene ring substituents is 1. The van der Waals surface area contributed by atoms with Gasteiger partial charge in [0.15, 0.2) is 28.9 Å². The Hall–Kier alpha value is -15.2. The van der Waals surface area contributed by atoms with Gasteiger partial charge in [0, 0.05) is 72.2 Å². The number of carboxylic acid groups (broad SMARTS) is 3. The Morgan fingerprint density at radius 2 is 1.25 bits per heavy atom. The lowest BCUT2D eigenvalue weighted by Crippen LogP contribution is -2.24. The number of aromatic nitrogens is 3. The predicted molar refractivity (Wildman–Crippen MR) is 466 cm³/mol. The van der Waals surface area contributed by atoms with Gasteiger partial charge in [-0.15, -0.1) is 23.5 Å². The minimum atomic E-state index is -3.77. The highest BCUT2D eigenvalue weighted by Crippen LogP contribution is 2.36. The van der Waals surface area contributed by atoms with Gasteiger partial charge in [0.1, 0.15) is 33.4 Å². The van der Waals surface area contributed by atoms with Crippen LogP contribution in [0, 0.1) is 10.1 Å². The number of nitro benzene ring substituents is 1. The number of sulfonamides is 1. The lowest BCUT2D eigenvalue weighted by molar-refractivity contribution is -0.384. The zero-order chi connectivity index (χ0) is 90.2. The highest BCUT2D eigenvalue weighted by atomic mass is 35.5. The number of rotatable bonds is 28. The number of aromatic amines is 2. The molecule has 0 saturated heterocycles. The fraction of sp³-hybridized carbons (Fsp3) is 0.0568. The fourth-order valence-electron chi connectivity index (χ4n) is 10.5. The SMILES string of the molecule is COc1ccc(/C=N/NS(=O)(=O)c2ccccc2)cc1OC(=O)c1ccccc1.O=C(COC(=O)c1cc2ccccc2oc1=O)c1ccc(Oc2ccc([N+](=O)[O-])cc2)cc1.O=C(O)CSc1cccnc1Sc1ccc(Cl)cc1.O=C(O)c1ccccc1SCc1cc(=O)[nH]c(=O)[nH]1.O=C1OC(OC(=O)c2ccccc2)C(Nc2cccc(C(=O)O)c2)=C1Cl. The van der Waals surface area contributed by atoms with E-state index in [1.807, 2.05) is 30.3 Å². The molecule has 10 aromatic carbocycles. The van der Waals surface area contributed by atoms with Gasteiger partial charge in [-0.05, 0) is 175 Å². The minimum Gasteiger partial charge on any atom is -0.493 e. The third kappa shape index (κ3) is 27.9. The van der Waals surface area contributed by atoms with Crippen molar-refractivity contribution in [1.29, 1.82) is 0 Å². The summed E-state index contributed by atoms with van der Waals surface area (Å²) in [5.74, 6) is -4.80. The van der Waals surface area contributed by atoms with Gasteiger partial charge in [-0.2, -0.15) is 13.5 Å². The first-order chi connectivity index (χ1) is 60.6. The Balaban J connectivity index is 0.000000167. The second-order valence-corrected chi connectivity index (χ2v) is 30.8. The highest BCUT2D eigenvalue weighted by Gasteiger charge is 2.37. The van der Waals surface area contributed by atoms with Gasteiger partial charge >= 0.3 is 53.1 Å². The number of aliphatic carboxylic acids is 1. The van der Waals surface area contributed by atoms with E-state index in [0.29, 0.717) is 66.4 Å². The molecule has 0 amide bonds. The lowest BCUT2D eigenvalue weighted by Gasteiger charge is -2.16. The van der Waals surface area contributed by atoms with Crippen molar-refractivity contribution in [2.75, 3.05) is 24.8 Å². The number of halogens is 2. The summed E-state index contributed by atoms with van der Waals surface area (Å²) in [6, 6.07) is 73.8. The molecule has 7 N–H and O–H groups in total. The summed E-state index contributed by atoms with van der Waals surface area (Å²) >= 11 is 15.8. The number of para-hydroxylation sites is 1. The first kappa shape index (κ1) is 93.1. The summed E-state index contributed by atoms with van der Waals surface area (Å²) in [5.41, 5.74) is 0.567. The van der Waals surface area contributed by atoms with Crippen molar-refractivity contribution in [3.05, 3.63) is 387 Å². The van der Waals surface area contributed by atoms with Gasteiger partial charge in [-0.3, -0.25) is 29.5 Å². The van der Waals surface area contributed by atoms with E-state index in [1.165, 1.54) is 152 Å². The summed E-state index contributed by atoms with van der Waals surface area (Å²) in [6.07, 6.45) is 1.64. The number of nitro groups is 1. The highest BCUT2D eigenvalue weighted by molar-refractivity contribution is 8.02. The molecule has 0 bridgehead atoms. The minimum absolute atomic E-state index is 0.0171. The number of hydrogen-bond donors (Lipinski definition) is 7. The number of thioether (sulfide) groups is 2. The number of carboxylic acids is 3. The molecule has 1 aliphatic heterocycles. The molecule has 0 saturated carbocycles.